The minimum Gasteiger partial charge on any atom is -0.0617 e. The highest BCUT2D eigenvalue weighted by Crippen LogP contribution is 2.24. The van der Waals surface area contributed by atoms with Gasteiger partial charge >= 0.3 is 0 Å². The van der Waals surface area contributed by atoms with Crippen molar-refractivity contribution in [1.82, 2.24) is 0 Å². The standard InChI is InChI=1S/2C15H24/c2*1-12(2)14-8-6-7-13(11-14)9-10-15(3,4)5/h2*6-8,11-12H,9-10H2,1-5H3. The summed E-state index contributed by atoms with van der Waals surface area (Å²) in [5.74, 6) is 1.28. The molecule has 0 aliphatic heterocycles. The SMILES string of the molecule is CC(C)c1cccc(CCC(C)(C)C)c1.CC(C)c1cccc(CCC(C)(C)C)c1. The molecule has 0 aromatic heterocycles. The molecular weight excluding hydrogens is 360 g/mol. The van der Waals surface area contributed by atoms with Crippen molar-refractivity contribution < 1.29 is 0 Å². The van der Waals surface area contributed by atoms with Gasteiger partial charge in [-0.05, 0) is 70.6 Å². The minimum atomic E-state index is 0.438. The highest BCUT2D eigenvalue weighted by molar-refractivity contribution is 5.26. The van der Waals surface area contributed by atoms with Crippen LogP contribution in [0.15, 0.2) is 48.5 Å². The molecule has 0 nitrogen and oxygen atoms in total. The van der Waals surface area contributed by atoms with Crippen LogP contribution < -0.4 is 0 Å². The van der Waals surface area contributed by atoms with Gasteiger partial charge in [0.05, 0.1) is 0 Å². The van der Waals surface area contributed by atoms with Crippen molar-refractivity contribution in [2.24, 2.45) is 10.8 Å². The van der Waals surface area contributed by atoms with Gasteiger partial charge in [-0.15, -0.1) is 0 Å². The van der Waals surface area contributed by atoms with Crippen LogP contribution >= 0.6 is 0 Å². The second kappa shape index (κ2) is 11.7. The Labute approximate surface area is 188 Å². The molecule has 0 aliphatic carbocycles. The second-order valence-corrected chi connectivity index (χ2v) is 11.9. The zero-order valence-corrected chi connectivity index (χ0v) is 21.6. The number of hydrogen-bond donors (Lipinski definition) is 0. The van der Waals surface area contributed by atoms with E-state index < -0.39 is 0 Å². The van der Waals surface area contributed by atoms with Crippen molar-refractivity contribution in [3.8, 4) is 0 Å². The lowest BCUT2D eigenvalue weighted by Crippen LogP contribution is -2.06. The first-order valence-electron chi connectivity index (χ1n) is 11.9. The van der Waals surface area contributed by atoms with Gasteiger partial charge in [-0.1, -0.05) is 118 Å². The van der Waals surface area contributed by atoms with Gasteiger partial charge in [-0.3, -0.25) is 0 Å². The largest absolute Gasteiger partial charge is 0.0617 e. The van der Waals surface area contributed by atoms with Gasteiger partial charge in [-0.25, -0.2) is 0 Å². The summed E-state index contributed by atoms with van der Waals surface area (Å²) in [7, 11) is 0. The molecule has 0 amide bonds. The van der Waals surface area contributed by atoms with Crippen molar-refractivity contribution in [3.63, 3.8) is 0 Å². The lowest BCUT2D eigenvalue weighted by Gasteiger charge is -2.18. The Morgan fingerprint density at radius 2 is 0.900 bits per heavy atom. The van der Waals surface area contributed by atoms with Crippen LogP contribution in [0.5, 0.6) is 0 Å². The van der Waals surface area contributed by atoms with Crippen molar-refractivity contribution in [1.29, 1.82) is 0 Å². The molecule has 2 rings (SSSR count). The monoisotopic (exact) mass is 408 g/mol. The van der Waals surface area contributed by atoms with Gasteiger partial charge in [0, 0.05) is 0 Å². The van der Waals surface area contributed by atoms with Crippen molar-refractivity contribution in [3.05, 3.63) is 70.8 Å². The van der Waals surface area contributed by atoms with E-state index in [-0.39, 0.29) is 0 Å². The number of rotatable bonds is 6. The Balaban J connectivity index is 0.000000300. The van der Waals surface area contributed by atoms with E-state index in [9.17, 15) is 0 Å². The predicted molar refractivity (Wildman–Crippen MR) is 137 cm³/mol. The van der Waals surface area contributed by atoms with Crippen LogP contribution in [0.4, 0.5) is 0 Å². The molecule has 0 saturated heterocycles. The van der Waals surface area contributed by atoms with E-state index in [0.29, 0.717) is 22.7 Å². The van der Waals surface area contributed by atoms with Crippen LogP contribution in [-0.2, 0) is 12.8 Å². The zero-order chi connectivity index (χ0) is 22.9. The topological polar surface area (TPSA) is 0 Å². The molecule has 0 N–H and O–H groups in total. The molecule has 0 spiro atoms. The molecule has 2 aromatic rings. The number of benzene rings is 2. The summed E-state index contributed by atoms with van der Waals surface area (Å²) >= 11 is 0. The van der Waals surface area contributed by atoms with Crippen molar-refractivity contribution in [2.75, 3.05) is 0 Å². The third-order valence-corrected chi connectivity index (χ3v) is 5.56. The minimum absolute atomic E-state index is 0.438. The Bertz CT molecular complexity index is 670. The quantitative estimate of drug-likeness (QED) is 0.446. The third-order valence-electron chi connectivity index (χ3n) is 5.56. The molecule has 0 unspecified atom stereocenters. The molecule has 168 valence electrons. The van der Waals surface area contributed by atoms with Gasteiger partial charge in [0.15, 0.2) is 0 Å². The van der Waals surface area contributed by atoms with Crippen LogP contribution in [0.1, 0.15) is 116 Å². The van der Waals surface area contributed by atoms with Crippen molar-refractivity contribution in [2.45, 2.75) is 107 Å². The average molecular weight is 409 g/mol. The second-order valence-electron chi connectivity index (χ2n) is 11.9. The summed E-state index contributed by atoms with van der Waals surface area (Å²) in [5, 5.41) is 0. The van der Waals surface area contributed by atoms with Crippen LogP contribution in [0.25, 0.3) is 0 Å². The van der Waals surface area contributed by atoms with E-state index in [1.165, 1.54) is 47.9 Å². The Morgan fingerprint density at radius 1 is 0.567 bits per heavy atom. The molecule has 0 atom stereocenters. The molecule has 2 aromatic carbocycles. The summed E-state index contributed by atoms with van der Waals surface area (Å²) in [6.45, 7) is 22.8. The lowest BCUT2D eigenvalue weighted by molar-refractivity contribution is 0.378. The van der Waals surface area contributed by atoms with Crippen LogP contribution in [0, 0.1) is 10.8 Å². The Kier molecular flexibility index (Phi) is 10.4. The fraction of sp³-hybridized carbons (Fsp3) is 0.600. The summed E-state index contributed by atoms with van der Waals surface area (Å²) in [5.41, 5.74) is 6.76. The summed E-state index contributed by atoms with van der Waals surface area (Å²) in [6, 6.07) is 18.0. The van der Waals surface area contributed by atoms with Gasteiger partial charge < -0.3 is 0 Å². The third kappa shape index (κ3) is 11.6. The van der Waals surface area contributed by atoms with E-state index >= 15 is 0 Å². The van der Waals surface area contributed by atoms with Gasteiger partial charge in [0.2, 0.25) is 0 Å². The molecule has 0 heteroatoms. The normalized spacial score (nSPS) is 12.1. The summed E-state index contributed by atoms with van der Waals surface area (Å²) < 4.78 is 0. The van der Waals surface area contributed by atoms with E-state index in [1.54, 1.807) is 0 Å². The highest BCUT2D eigenvalue weighted by Gasteiger charge is 2.11. The Hall–Kier alpha value is -1.56. The van der Waals surface area contributed by atoms with Gasteiger partial charge in [0.25, 0.3) is 0 Å². The van der Waals surface area contributed by atoms with E-state index in [1.807, 2.05) is 0 Å². The van der Waals surface area contributed by atoms with Crippen LogP contribution in [0.2, 0.25) is 0 Å². The molecule has 0 radical (unpaired) electrons. The first kappa shape index (κ1) is 26.5. The molecule has 0 aliphatic rings. The van der Waals surface area contributed by atoms with Crippen molar-refractivity contribution >= 4 is 0 Å². The molecular formula is C30H48. The fourth-order valence-corrected chi connectivity index (χ4v) is 3.25. The zero-order valence-electron chi connectivity index (χ0n) is 21.6. The van der Waals surface area contributed by atoms with Gasteiger partial charge in [0.1, 0.15) is 0 Å². The molecule has 30 heavy (non-hydrogen) atoms. The lowest BCUT2D eigenvalue weighted by atomic mass is 9.88. The molecule has 0 heterocycles. The van der Waals surface area contributed by atoms with Crippen LogP contribution in [0.3, 0.4) is 0 Å². The first-order valence-corrected chi connectivity index (χ1v) is 11.9. The van der Waals surface area contributed by atoms with E-state index in [2.05, 4.69) is 118 Å². The summed E-state index contributed by atoms with van der Waals surface area (Å²) in [4.78, 5) is 0. The predicted octanol–water partition coefficient (Wildman–Crippen LogP) is 9.58. The Morgan fingerprint density at radius 3 is 1.17 bits per heavy atom. The molecule has 0 fully saturated rings. The molecule has 0 saturated carbocycles. The van der Waals surface area contributed by atoms with E-state index in [4.69, 9.17) is 0 Å². The average Bonchev–Trinajstić information content (AvgIpc) is 2.64. The smallest absolute Gasteiger partial charge is 0.0219 e. The maximum atomic E-state index is 2.36. The number of hydrogen-bond acceptors (Lipinski definition) is 0. The highest BCUT2D eigenvalue weighted by atomic mass is 14.2. The van der Waals surface area contributed by atoms with Gasteiger partial charge in [-0.2, -0.15) is 0 Å². The first-order chi connectivity index (χ1) is 13.8. The molecule has 0 bridgehead atoms. The van der Waals surface area contributed by atoms with E-state index in [0.717, 1.165) is 0 Å². The number of aryl methyl sites for hydroxylation is 2. The summed E-state index contributed by atoms with van der Waals surface area (Å²) in [6.07, 6.45) is 4.91. The maximum absolute atomic E-state index is 2.36. The van der Waals surface area contributed by atoms with Crippen LogP contribution in [-0.4, -0.2) is 0 Å². The fourth-order valence-electron chi connectivity index (χ4n) is 3.25. The maximum Gasteiger partial charge on any atom is -0.0219 e.